The van der Waals surface area contributed by atoms with Crippen LogP contribution >= 0.6 is 0 Å². The van der Waals surface area contributed by atoms with Crippen molar-refractivity contribution < 1.29 is 5.11 Å². The molecule has 3 aromatic rings. The molecule has 0 fully saturated rings. The third kappa shape index (κ3) is 4.05. The summed E-state index contributed by atoms with van der Waals surface area (Å²) in [4.78, 5) is 13.3. The molecule has 0 bridgehead atoms. The molecule has 0 amide bonds. The van der Waals surface area contributed by atoms with Crippen molar-refractivity contribution in [3.05, 3.63) is 60.7 Å². The molecule has 24 heavy (non-hydrogen) atoms. The minimum atomic E-state index is -0.152. The van der Waals surface area contributed by atoms with Crippen molar-refractivity contribution >= 4 is 17.6 Å². The smallest absolute Gasteiger partial charge is 0.232 e. The van der Waals surface area contributed by atoms with Gasteiger partial charge in [-0.1, -0.05) is 48.5 Å². The van der Waals surface area contributed by atoms with Gasteiger partial charge in [0.1, 0.15) is 0 Å². The maximum atomic E-state index is 9.24. The largest absolute Gasteiger partial charge is 0.394 e. The van der Waals surface area contributed by atoms with Crippen LogP contribution in [0.3, 0.4) is 0 Å². The third-order valence-corrected chi connectivity index (χ3v) is 3.35. The zero-order valence-electron chi connectivity index (χ0n) is 13.3. The molecule has 3 rings (SSSR count). The van der Waals surface area contributed by atoms with Crippen LogP contribution in [0.4, 0.5) is 17.6 Å². The lowest BCUT2D eigenvalue weighted by atomic mass is 10.2. The van der Waals surface area contributed by atoms with Crippen molar-refractivity contribution in [3.63, 3.8) is 0 Å². The van der Waals surface area contributed by atoms with E-state index < -0.39 is 0 Å². The van der Waals surface area contributed by atoms with E-state index in [0.29, 0.717) is 17.7 Å². The van der Waals surface area contributed by atoms with Crippen LogP contribution in [-0.2, 0) is 0 Å². The van der Waals surface area contributed by atoms with Gasteiger partial charge in [0, 0.05) is 17.3 Å². The molecule has 3 N–H and O–H groups in total. The molecule has 6 heteroatoms. The molecular weight excluding hydrogens is 302 g/mol. The van der Waals surface area contributed by atoms with E-state index >= 15 is 0 Å². The number of anilines is 3. The second-order valence-electron chi connectivity index (χ2n) is 5.39. The van der Waals surface area contributed by atoms with E-state index in [1.54, 1.807) is 0 Å². The summed E-state index contributed by atoms with van der Waals surface area (Å²) < 4.78 is 0. The van der Waals surface area contributed by atoms with Gasteiger partial charge in [-0.15, -0.1) is 0 Å². The highest BCUT2D eigenvalue weighted by Gasteiger charge is 2.10. The molecule has 6 nitrogen and oxygen atoms in total. The summed E-state index contributed by atoms with van der Waals surface area (Å²) in [6.07, 6.45) is 0. The molecule has 0 saturated heterocycles. The number of aliphatic hydroxyl groups excluding tert-OH is 1. The first-order valence-corrected chi connectivity index (χ1v) is 7.75. The highest BCUT2D eigenvalue weighted by atomic mass is 16.3. The van der Waals surface area contributed by atoms with E-state index in [-0.39, 0.29) is 12.6 Å². The normalized spacial score (nSPS) is 11.8. The standard InChI is InChI=1S/C18H19N5O/c1-13(12-24)19-17-21-16(14-8-4-2-5-9-14)22-18(23-17)20-15-10-6-3-7-11-15/h2-11,13,24H,12H2,1H3,(H2,19,20,21,22,23). The summed E-state index contributed by atoms with van der Waals surface area (Å²) >= 11 is 0. The Morgan fingerprint density at radius 2 is 1.50 bits per heavy atom. The van der Waals surface area contributed by atoms with Gasteiger partial charge in [-0.3, -0.25) is 0 Å². The van der Waals surface area contributed by atoms with Crippen molar-refractivity contribution in [2.75, 3.05) is 17.2 Å². The van der Waals surface area contributed by atoms with Gasteiger partial charge in [0.2, 0.25) is 11.9 Å². The molecule has 0 aliphatic carbocycles. The maximum absolute atomic E-state index is 9.24. The summed E-state index contributed by atoms with van der Waals surface area (Å²) in [6.45, 7) is 1.85. The quantitative estimate of drug-likeness (QED) is 0.647. The Kier molecular flexibility index (Phi) is 4.98. The Bertz CT molecular complexity index is 780. The lowest BCUT2D eigenvalue weighted by Gasteiger charge is -2.13. The van der Waals surface area contributed by atoms with Crippen molar-refractivity contribution in [2.45, 2.75) is 13.0 Å². The predicted molar refractivity (Wildman–Crippen MR) is 95.2 cm³/mol. The van der Waals surface area contributed by atoms with Crippen LogP contribution in [0.5, 0.6) is 0 Å². The van der Waals surface area contributed by atoms with Gasteiger partial charge in [-0.25, -0.2) is 0 Å². The maximum Gasteiger partial charge on any atom is 0.232 e. The Morgan fingerprint density at radius 1 is 0.875 bits per heavy atom. The van der Waals surface area contributed by atoms with E-state index in [9.17, 15) is 5.11 Å². The first-order valence-electron chi connectivity index (χ1n) is 7.75. The number of benzene rings is 2. The highest BCUT2D eigenvalue weighted by molar-refractivity contribution is 5.60. The molecule has 122 valence electrons. The number of aliphatic hydroxyl groups is 1. The Hall–Kier alpha value is -2.99. The monoisotopic (exact) mass is 321 g/mol. The van der Waals surface area contributed by atoms with Crippen LogP contribution in [-0.4, -0.2) is 32.7 Å². The lowest BCUT2D eigenvalue weighted by Crippen LogP contribution is -2.21. The molecule has 1 heterocycles. The van der Waals surface area contributed by atoms with Crippen molar-refractivity contribution in [1.29, 1.82) is 0 Å². The molecule has 1 unspecified atom stereocenters. The summed E-state index contributed by atoms with van der Waals surface area (Å²) in [6, 6.07) is 19.3. The summed E-state index contributed by atoms with van der Waals surface area (Å²) in [5, 5.41) is 15.5. The number of hydrogen-bond donors (Lipinski definition) is 3. The number of nitrogens with zero attached hydrogens (tertiary/aromatic N) is 3. The van der Waals surface area contributed by atoms with Gasteiger partial charge < -0.3 is 15.7 Å². The molecule has 1 atom stereocenters. The fourth-order valence-corrected chi connectivity index (χ4v) is 2.13. The Morgan fingerprint density at radius 3 is 2.17 bits per heavy atom. The van der Waals surface area contributed by atoms with Gasteiger partial charge in [-0.2, -0.15) is 15.0 Å². The zero-order chi connectivity index (χ0) is 16.8. The molecule has 0 aliphatic rings. The molecular formula is C18H19N5O. The van der Waals surface area contributed by atoms with Gasteiger partial charge in [0.05, 0.1) is 6.61 Å². The van der Waals surface area contributed by atoms with Crippen molar-refractivity contribution in [1.82, 2.24) is 15.0 Å². The molecule has 0 saturated carbocycles. The topological polar surface area (TPSA) is 83.0 Å². The third-order valence-electron chi connectivity index (χ3n) is 3.35. The van der Waals surface area contributed by atoms with E-state index in [2.05, 4.69) is 25.6 Å². The zero-order valence-corrected chi connectivity index (χ0v) is 13.3. The van der Waals surface area contributed by atoms with Crippen LogP contribution in [0.2, 0.25) is 0 Å². The van der Waals surface area contributed by atoms with Crippen LogP contribution in [0.1, 0.15) is 6.92 Å². The number of para-hydroxylation sites is 1. The van der Waals surface area contributed by atoms with Gasteiger partial charge in [-0.05, 0) is 19.1 Å². The van der Waals surface area contributed by atoms with E-state index in [1.165, 1.54) is 0 Å². The minimum Gasteiger partial charge on any atom is -0.394 e. The van der Waals surface area contributed by atoms with Crippen LogP contribution in [0.25, 0.3) is 11.4 Å². The number of aromatic nitrogens is 3. The Balaban J connectivity index is 1.96. The van der Waals surface area contributed by atoms with Crippen molar-refractivity contribution in [3.8, 4) is 11.4 Å². The molecule has 2 aromatic carbocycles. The highest BCUT2D eigenvalue weighted by Crippen LogP contribution is 2.20. The molecule has 0 radical (unpaired) electrons. The summed E-state index contributed by atoms with van der Waals surface area (Å²) in [5.41, 5.74) is 1.79. The second-order valence-corrected chi connectivity index (χ2v) is 5.39. The summed E-state index contributed by atoms with van der Waals surface area (Å²) in [7, 11) is 0. The fraction of sp³-hybridized carbons (Fsp3) is 0.167. The molecule has 1 aromatic heterocycles. The van der Waals surface area contributed by atoms with Crippen LogP contribution in [0.15, 0.2) is 60.7 Å². The van der Waals surface area contributed by atoms with E-state index in [1.807, 2.05) is 67.6 Å². The van der Waals surface area contributed by atoms with E-state index in [4.69, 9.17) is 0 Å². The predicted octanol–water partition coefficient (Wildman–Crippen LogP) is 3.07. The second kappa shape index (κ2) is 7.52. The first kappa shape index (κ1) is 15.9. The summed E-state index contributed by atoms with van der Waals surface area (Å²) in [5.74, 6) is 1.43. The number of rotatable bonds is 6. The van der Waals surface area contributed by atoms with Gasteiger partial charge in [0.25, 0.3) is 0 Å². The Labute approximate surface area is 140 Å². The number of nitrogens with one attached hydrogen (secondary N) is 2. The van der Waals surface area contributed by atoms with Crippen LogP contribution < -0.4 is 10.6 Å². The van der Waals surface area contributed by atoms with Crippen LogP contribution in [0, 0.1) is 0 Å². The lowest BCUT2D eigenvalue weighted by molar-refractivity contribution is 0.281. The average Bonchev–Trinajstić information content (AvgIpc) is 2.63. The number of hydrogen-bond acceptors (Lipinski definition) is 6. The molecule has 0 aliphatic heterocycles. The minimum absolute atomic E-state index is 0.00615. The van der Waals surface area contributed by atoms with Gasteiger partial charge >= 0.3 is 0 Å². The fourth-order valence-electron chi connectivity index (χ4n) is 2.13. The first-order chi connectivity index (χ1) is 11.7. The molecule has 0 spiro atoms. The van der Waals surface area contributed by atoms with Gasteiger partial charge in [0.15, 0.2) is 5.82 Å². The van der Waals surface area contributed by atoms with E-state index in [0.717, 1.165) is 11.3 Å². The van der Waals surface area contributed by atoms with Crippen molar-refractivity contribution in [2.24, 2.45) is 0 Å². The SMILES string of the molecule is CC(CO)Nc1nc(Nc2ccccc2)nc(-c2ccccc2)n1. The average molecular weight is 321 g/mol.